The van der Waals surface area contributed by atoms with Gasteiger partial charge in [-0.1, -0.05) is 35.0 Å². The number of benzene rings is 1. The van der Waals surface area contributed by atoms with Gasteiger partial charge in [-0.15, -0.1) is 11.3 Å². The SMILES string of the molecule is CCCNCC(CCc1scnc1C)c1ccc(Br)cc1. The fourth-order valence-electron chi connectivity index (χ4n) is 2.45. The summed E-state index contributed by atoms with van der Waals surface area (Å²) in [6, 6.07) is 8.75. The number of thiazole rings is 1. The normalized spacial score (nSPS) is 12.5. The maximum absolute atomic E-state index is 4.35. The number of hydrogen-bond acceptors (Lipinski definition) is 3. The predicted molar refractivity (Wildman–Crippen MR) is 95.2 cm³/mol. The molecule has 0 amide bonds. The Balaban J connectivity index is 2.01. The number of rotatable bonds is 8. The highest BCUT2D eigenvalue weighted by Crippen LogP contribution is 2.25. The third-order valence-electron chi connectivity index (χ3n) is 3.72. The Morgan fingerprint density at radius 3 is 2.67 bits per heavy atom. The average molecular weight is 367 g/mol. The van der Waals surface area contributed by atoms with E-state index in [9.17, 15) is 0 Å². The molecule has 0 aliphatic heterocycles. The first kappa shape index (κ1) is 16.7. The second-order valence-electron chi connectivity index (χ2n) is 5.35. The molecule has 1 unspecified atom stereocenters. The second-order valence-corrected chi connectivity index (χ2v) is 7.21. The fraction of sp³-hybridized carbons (Fsp3) is 0.471. The molecule has 0 fully saturated rings. The fourth-order valence-corrected chi connectivity index (χ4v) is 3.51. The highest BCUT2D eigenvalue weighted by molar-refractivity contribution is 9.10. The molecule has 0 saturated heterocycles. The molecule has 0 saturated carbocycles. The van der Waals surface area contributed by atoms with Crippen molar-refractivity contribution < 1.29 is 0 Å². The predicted octanol–water partition coefficient (Wildman–Crippen LogP) is 4.93. The lowest BCUT2D eigenvalue weighted by atomic mass is 9.93. The number of halogens is 1. The molecule has 1 atom stereocenters. The van der Waals surface area contributed by atoms with Gasteiger partial charge in [-0.3, -0.25) is 0 Å². The zero-order chi connectivity index (χ0) is 15.1. The van der Waals surface area contributed by atoms with Gasteiger partial charge in [0.2, 0.25) is 0 Å². The minimum absolute atomic E-state index is 0.561. The van der Waals surface area contributed by atoms with Crippen LogP contribution in [0.5, 0.6) is 0 Å². The van der Waals surface area contributed by atoms with Crippen LogP contribution in [0.2, 0.25) is 0 Å². The standard InChI is InChI=1S/C17H23BrN2S/c1-3-10-19-11-15(14-4-7-16(18)8-5-14)6-9-17-13(2)20-12-21-17/h4-5,7-8,12,15,19H,3,6,9-11H2,1-2H3. The summed E-state index contributed by atoms with van der Waals surface area (Å²) in [7, 11) is 0. The van der Waals surface area contributed by atoms with Gasteiger partial charge in [0.05, 0.1) is 11.2 Å². The molecule has 4 heteroatoms. The molecule has 114 valence electrons. The van der Waals surface area contributed by atoms with E-state index in [0.29, 0.717) is 5.92 Å². The van der Waals surface area contributed by atoms with Crippen LogP contribution in [0.4, 0.5) is 0 Å². The summed E-state index contributed by atoms with van der Waals surface area (Å²) in [5, 5.41) is 3.57. The Morgan fingerprint density at radius 1 is 1.29 bits per heavy atom. The van der Waals surface area contributed by atoms with Gasteiger partial charge < -0.3 is 5.32 Å². The van der Waals surface area contributed by atoms with Crippen molar-refractivity contribution in [3.63, 3.8) is 0 Å². The van der Waals surface area contributed by atoms with E-state index < -0.39 is 0 Å². The van der Waals surface area contributed by atoms with E-state index >= 15 is 0 Å². The monoisotopic (exact) mass is 366 g/mol. The van der Waals surface area contributed by atoms with E-state index in [-0.39, 0.29) is 0 Å². The van der Waals surface area contributed by atoms with Crippen molar-refractivity contribution in [3.8, 4) is 0 Å². The first-order valence-corrected chi connectivity index (χ1v) is 9.23. The molecule has 2 rings (SSSR count). The lowest BCUT2D eigenvalue weighted by Gasteiger charge is -2.18. The Labute approximate surface area is 140 Å². The molecule has 2 aromatic rings. The van der Waals surface area contributed by atoms with Gasteiger partial charge >= 0.3 is 0 Å². The zero-order valence-corrected chi connectivity index (χ0v) is 15.1. The van der Waals surface area contributed by atoms with Crippen LogP contribution in [0, 0.1) is 6.92 Å². The summed E-state index contributed by atoms with van der Waals surface area (Å²) < 4.78 is 1.14. The summed E-state index contributed by atoms with van der Waals surface area (Å²) in [5.74, 6) is 0.561. The Hall–Kier alpha value is -0.710. The van der Waals surface area contributed by atoms with Crippen molar-refractivity contribution in [2.24, 2.45) is 0 Å². The summed E-state index contributed by atoms with van der Waals surface area (Å²) in [6.07, 6.45) is 3.47. The highest BCUT2D eigenvalue weighted by atomic mass is 79.9. The summed E-state index contributed by atoms with van der Waals surface area (Å²) in [6.45, 7) is 6.46. The van der Waals surface area contributed by atoms with E-state index in [1.807, 2.05) is 5.51 Å². The van der Waals surface area contributed by atoms with Crippen LogP contribution in [0.15, 0.2) is 34.2 Å². The van der Waals surface area contributed by atoms with E-state index in [1.54, 1.807) is 11.3 Å². The van der Waals surface area contributed by atoms with Gasteiger partial charge in [0.1, 0.15) is 0 Å². The van der Waals surface area contributed by atoms with Crippen molar-refractivity contribution in [1.29, 1.82) is 0 Å². The van der Waals surface area contributed by atoms with Crippen LogP contribution >= 0.6 is 27.3 Å². The van der Waals surface area contributed by atoms with Crippen molar-refractivity contribution in [1.82, 2.24) is 10.3 Å². The van der Waals surface area contributed by atoms with E-state index in [0.717, 1.165) is 24.0 Å². The van der Waals surface area contributed by atoms with Crippen LogP contribution in [-0.2, 0) is 6.42 Å². The molecule has 0 radical (unpaired) electrons. The summed E-state index contributed by atoms with van der Waals surface area (Å²) >= 11 is 5.29. The molecule has 0 aliphatic carbocycles. The van der Waals surface area contributed by atoms with E-state index in [4.69, 9.17) is 0 Å². The Bertz CT molecular complexity index is 536. The van der Waals surface area contributed by atoms with Crippen LogP contribution in [-0.4, -0.2) is 18.1 Å². The largest absolute Gasteiger partial charge is 0.316 e. The van der Waals surface area contributed by atoms with Crippen molar-refractivity contribution in [3.05, 3.63) is 50.4 Å². The number of nitrogens with zero attached hydrogens (tertiary/aromatic N) is 1. The van der Waals surface area contributed by atoms with Gasteiger partial charge in [-0.05, 0) is 56.3 Å². The van der Waals surface area contributed by atoms with E-state index in [2.05, 4.69) is 64.3 Å². The quantitative estimate of drug-likeness (QED) is 0.669. The third kappa shape index (κ3) is 5.20. The molecule has 2 nitrogen and oxygen atoms in total. The first-order chi connectivity index (χ1) is 10.2. The minimum atomic E-state index is 0.561. The van der Waals surface area contributed by atoms with Crippen molar-refractivity contribution in [2.75, 3.05) is 13.1 Å². The van der Waals surface area contributed by atoms with Gasteiger partial charge in [0, 0.05) is 15.9 Å². The van der Waals surface area contributed by atoms with Crippen LogP contribution in [0.25, 0.3) is 0 Å². The number of hydrogen-bond donors (Lipinski definition) is 1. The van der Waals surface area contributed by atoms with E-state index in [1.165, 1.54) is 29.0 Å². The highest BCUT2D eigenvalue weighted by Gasteiger charge is 2.13. The van der Waals surface area contributed by atoms with Crippen LogP contribution < -0.4 is 5.32 Å². The van der Waals surface area contributed by atoms with Gasteiger partial charge in [-0.25, -0.2) is 4.98 Å². The molecule has 0 spiro atoms. The molecule has 1 aromatic heterocycles. The molecular formula is C17H23BrN2S. The molecule has 1 heterocycles. The molecule has 21 heavy (non-hydrogen) atoms. The minimum Gasteiger partial charge on any atom is -0.316 e. The molecule has 1 aromatic carbocycles. The van der Waals surface area contributed by atoms with Crippen LogP contribution in [0.1, 0.15) is 41.8 Å². The maximum atomic E-state index is 4.35. The summed E-state index contributed by atoms with van der Waals surface area (Å²) in [5.41, 5.74) is 4.56. The molecule has 0 aliphatic rings. The lowest BCUT2D eigenvalue weighted by molar-refractivity contribution is 0.549. The number of aryl methyl sites for hydroxylation is 2. The van der Waals surface area contributed by atoms with Gasteiger partial charge in [-0.2, -0.15) is 0 Å². The molecular weight excluding hydrogens is 344 g/mol. The summed E-state index contributed by atoms with van der Waals surface area (Å²) in [4.78, 5) is 5.77. The van der Waals surface area contributed by atoms with Crippen molar-refractivity contribution >= 4 is 27.3 Å². The first-order valence-electron chi connectivity index (χ1n) is 7.55. The average Bonchev–Trinajstić information content (AvgIpc) is 2.89. The lowest BCUT2D eigenvalue weighted by Crippen LogP contribution is -2.22. The molecule has 1 N–H and O–H groups in total. The smallest absolute Gasteiger partial charge is 0.0797 e. The Morgan fingerprint density at radius 2 is 2.05 bits per heavy atom. The molecule has 0 bridgehead atoms. The third-order valence-corrected chi connectivity index (χ3v) is 5.25. The maximum Gasteiger partial charge on any atom is 0.0797 e. The Kier molecular flexibility index (Phi) is 6.87. The number of aromatic nitrogens is 1. The van der Waals surface area contributed by atoms with Gasteiger partial charge in [0.15, 0.2) is 0 Å². The second kappa shape index (κ2) is 8.66. The topological polar surface area (TPSA) is 24.9 Å². The van der Waals surface area contributed by atoms with Crippen LogP contribution in [0.3, 0.4) is 0 Å². The van der Waals surface area contributed by atoms with Crippen molar-refractivity contribution in [2.45, 2.75) is 39.0 Å². The zero-order valence-electron chi connectivity index (χ0n) is 12.7. The number of nitrogens with one attached hydrogen (secondary N) is 1. The van der Waals surface area contributed by atoms with Gasteiger partial charge in [0.25, 0.3) is 0 Å².